The largest absolute Gasteiger partial charge is 0.318 e. The molecule has 0 saturated heterocycles. The number of carbonyl (C=O) groups is 1. The Hall–Kier alpha value is -2.21. The molecule has 1 heterocycles. The molecular weight excluding hydrogens is 437 g/mol. The fourth-order valence-electron chi connectivity index (χ4n) is 3.11. The second kappa shape index (κ2) is 10.2. The summed E-state index contributed by atoms with van der Waals surface area (Å²) in [6.45, 7) is 5.87. The van der Waals surface area contributed by atoms with Crippen molar-refractivity contribution in [3.63, 3.8) is 0 Å². The third-order valence-electron chi connectivity index (χ3n) is 4.67. The number of hydrogen-bond acceptors (Lipinski definition) is 3. The lowest BCUT2D eigenvalue weighted by Crippen LogP contribution is -2.27. The minimum atomic E-state index is -0.205. The van der Waals surface area contributed by atoms with Gasteiger partial charge in [-0.3, -0.25) is 4.79 Å². The number of amides is 1. The highest BCUT2D eigenvalue weighted by molar-refractivity contribution is 7.99. The standard InChI is InChI=1S/C23H23Cl2N3OS/c1-15-9-19(16(2)28(15)22-11-20(24)10-21(25)12-22)13-26-27-23(29)17(3)30-14-18-7-5-4-6-8-18/h4-13,17H,14H2,1-3H3,(H,27,29)/b26-13-/t17-/m0/s1. The minimum absolute atomic E-state index is 0.123. The predicted molar refractivity (Wildman–Crippen MR) is 128 cm³/mol. The maximum atomic E-state index is 12.3. The van der Waals surface area contributed by atoms with Gasteiger partial charge in [0.15, 0.2) is 0 Å². The fraction of sp³-hybridized carbons (Fsp3) is 0.217. The van der Waals surface area contributed by atoms with Crippen molar-refractivity contribution in [3.05, 3.63) is 87.2 Å². The van der Waals surface area contributed by atoms with Crippen molar-refractivity contribution in [1.29, 1.82) is 0 Å². The Balaban J connectivity index is 1.64. The van der Waals surface area contributed by atoms with E-state index in [1.165, 1.54) is 5.56 Å². The molecule has 0 unspecified atom stereocenters. The summed E-state index contributed by atoms with van der Waals surface area (Å²) in [7, 11) is 0. The van der Waals surface area contributed by atoms with Crippen LogP contribution >= 0.6 is 35.0 Å². The maximum absolute atomic E-state index is 12.3. The van der Waals surface area contributed by atoms with Crippen LogP contribution < -0.4 is 5.43 Å². The van der Waals surface area contributed by atoms with E-state index in [9.17, 15) is 4.79 Å². The van der Waals surface area contributed by atoms with Crippen LogP contribution in [-0.2, 0) is 10.5 Å². The van der Waals surface area contributed by atoms with Crippen LogP contribution in [0.15, 0.2) is 59.7 Å². The summed E-state index contributed by atoms with van der Waals surface area (Å²) in [6.07, 6.45) is 1.66. The molecule has 1 aromatic heterocycles. The summed E-state index contributed by atoms with van der Waals surface area (Å²) in [5.41, 5.74) is 7.63. The number of thioether (sulfide) groups is 1. The predicted octanol–water partition coefficient (Wildman–Crippen LogP) is 6.17. The van der Waals surface area contributed by atoms with Crippen LogP contribution in [0.1, 0.15) is 29.4 Å². The normalized spacial score (nSPS) is 12.3. The van der Waals surface area contributed by atoms with Crippen LogP contribution in [0.5, 0.6) is 0 Å². The van der Waals surface area contributed by atoms with Gasteiger partial charge < -0.3 is 4.57 Å². The number of aryl methyl sites for hydroxylation is 1. The van der Waals surface area contributed by atoms with Gasteiger partial charge in [0, 0.05) is 38.4 Å². The van der Waals surface area contributed by atoms with Crippen molar-refractivity contribution < 1.29 is 4.79 Å². The summed E-state index contributed by atoms with van der Waals surface area (Å²) in [5.74, 6) is 0.658. The summed E-state index contributed by atoms with van der Waals surface area (Å²) in [6, 6.07) is 17.5. The van der Waals surface area contributed by atoms with Crippen molar-refractivity contribution in [1.82, 2.24) is 9.99 Å². The summed E-state index contributed by atoms with van der Waals surface area (Å²) < 4.78 is 2.05. The van der Waals surface area contributed by atoms with E-state index in [4.69, 9.17) is 23.2 Å². The van der Waals surface area contributed by atoms with Gasteiger partial charge in [-0.25, -0.2) is 5.43 Å². The van der Waals surface area contributed by atoms with Gasteiger partial charge in [-0.2, -0.15) is 5.10 Å². The van der Waals surface area contributed by atoms with E-state index in [0.29, 0.717) is 10.0 Å². The Morgan fingerprint density at radius 1 is 1.13 bits per heavy atom. The quantitative estimate of drug-likeness (QED) is 0.338. The lowest BCUT2D eigenvalue weighted by Gasteiger charge is -2.11. The molecule has 1 amide bonds. The average molecular weight is 460 g/mol. The van der Waals surface area contributed by atoms with Crippen LogP contribution in [-0.4, -0.2) is 21.9 Å². The van der Waals surface area contributed by atoms with Gasteiger partial charge in [-0.15, -0.1) is 11.8 Å². The number of nitrogens with one attached hydrogen (secondary N) is 1. The Kier molecular flexibility index (Phi) is 7.64. The molecule has 3 aromatic rings. The first-order valence-electron chi connectivity index (χ1n) is 9.49. The van der Waals surface area contributed by atoms with Crippen LogP contribution in [0, 0.1) is 13.8 Å². The van der Waals surface area contributed by atoms with Crippen LogP contribution in [0.25, 0.3) is 5.69 Å². The van der Waals surface area contributed by atoms with E-state index in [2.05, 4.69) is 27.2 Å². The van der Waals surface area contributed by atoms with E-state index in [1.807, 2.05) is 57.2 Å². The highest BCUT2D eigenvalue weighted by Crippen LogP contribution is 2.26. The molecule has 0 aliphatic carbocycles. The van der Waals surface area contributed by atoms with E-state index in [1.54, 1.807) is 24.0 Å². The van der Waals surface area contributed by atoms with E-state index < -0.39 is 0 Å². The number of halogens is 2. The smallest absolute Gasteiger partial charge is 0.252 e. The van der Waals surface area contributed by atoms with Crippen LogP contribution in [0.3, 0.4) is 0 Å². The molecule has 0 bridgehead atoms. The number of benzene rings is 2. The van der Waals surface area contributed by atoms with E-state index >= 15 is 0 Å². The van der Waals surface area contributed by atoms with Gasteiger partial charge in [0.2, 0.25) is 0 Å². The third-order valence-corrected chi connectivity index (χ3v) is 6.32. The summed E-state index contributed by atoms with van der Waals surface area (Å²) in [4.78, 5) is 12.3. The third kappa shape index (κ3) is 5.69. The van der Waals surface area contributed by atoms with Gasteiger partial charge in [0.1, 0.15) is 0 Å². The first kappa shape index (κ1) is 22.5. The number of hydrazone groups is 1. The number of nitrogens with zero attached hydrogens (tertiary/aromatic N) is 2. The molecular formula is C23H23Cl2N3OS. The molecule has 0 saturated carbocycles. The highest BCUT2D eigenvalue weighted by Gasteiger charge is 2.14. The molecule has 1 atom stereocenters. The number of carbonyl (C=O) groups excluding carboxylic acids is 1. The zero-order chi connectivity index (χ0) is 21.7. The van der Waals surface area contributed by atoms with Gasteiger partial charge in [-0.05, 0) is 50.6 Å². The van der Waals surface area contributed by atoms with Gasteiger partial charge >= 0.3 is 0 Å². The van der Waals surface area contributed by atoms with Crippen LogP contribution in [0.2, 0.25) is 10.0 Å². The molecule has 30 heavy (non-hydrogen) atoms. The molecule has 0 radical (unpaired) electrons. The lowest BCUT2D eigenvalue weighted by atomic mass is 10.2. The first-order valence-corrected chi connectivity index (χ1v) is 11.3. The molecule has 156 valence electrons. The number of aromatic nitrogens is 1. The molecule has 0 aliphatic heterocycles. The Morgan fingerprint density at radius 2 is 1.80 bits per heavy atom. The molecule has 0 spiro atoms. The second-order valence-electron chi connectivity index (χ2n) is 6.96. The molecule has 2 aromatic carbocycles. The zero-order valence-corrected chi connectivity index (χ0v) is 19.4. The minimum Gasteiger partial charge on any atom is -0.318 e. The molecule has 4 nitrogen and oxygen atoms in total. The molecule has 3 rings (SSSR count). The van der Waals surface area contributed by atoms with Crippen LogP contribution in [0.4, 0.5) is 0 Å². The molecule has 0 aliphatic rings. The van der Waals surface area contributed by atoms with Crippen molar-refractivity contribution in [3.8, 4) is 5.69 Å². The highest BCUT2D eigenvalue weighted by atomic mass is 35.5. The lowest BCUT2D eigenvalue weighted by molar-refractivity contribution is -0.120. The molecule has 7 heteroatoms. The topological polar surface area (TPSA) is 46.4 Å². The maximum Gasteiger partial charge on any atom is 0.252 e. The van der Waals surface area contributed by atoms with Gasteiger partial charge in [0.05, 0.1) is 11.5 Å². The molecule has 0 fully saturated rings. The Bertz CT molecular complexity index is 1040. The Morgan fingerprint density at radius 3 is 2.47 bits per heavy atom. The summed E-state index contributed by atoms with van der Waals surface area (Å²) >= 11 is 13.9. The van der Waals surface area contributed by atoms with E-state index in [0.717, 1.165) is 28.4 Å². The second-order valence-corrected chi connectivity index (χ2v) is 9.16. The average Bonchev–Trinajstić information content (AvgIpc) is 2.99. The van der Waals surface area contributed by atoms with Crippen molar-refractivity contribution in [2.75, 3.05) is 0 Å². The van der Waals surface area contributed by atoms with Crippen molar-refractivity contribution >= 4 is 47.1 Å². The van der Waals surface area contributed by atoms with Crippen molar-refractivity contribution in [2.45, 2.75) is 31.8 Å². The first-order chi connectivity index (χ1) is 14.3. The fourth-order valence-corrected chi connectivity index (χ4v) is 4.47. The monoisotopic (exact) mass is 459 g/mol. The molecule has 1 N–H and O–H groups in total. The number of hydrogen-bond donors (Lipinski definition) is 1. The zero-order valence-electron chi connectivity index (χ0n) is 17.0. The number of rotatable bonds is 7. The van der Waals surface area contributed by atoms with Gasteiger partial charge in [-0.1, -0.05) is 53.5 Å². The van der Waals surface area contributed by atoms with Crippen molar-refractivity contribution in [2.24, 2.45) is 5.10 Å². The SMILES string of the molecule is Cc1cc(/C=N\NC(=O)[C@H](C)SCc2ccccc2)c(C)n1-c1cc(Cl)cc(Cl)c1. The van der Waals surface area contributed by atoms with Gasteiger partial charge in [0.25, 0.3) is 5.91 Å². The Labute approximate surface area is 191 Å². The van der Waals surface area contributed by atoms with E-state index in [-0.39, 0.29) is 11.2 Å². The summed E-state index contributed by atoms with van der Waals surface area (Å²) in [5, 5.41) is 5.11.